The lowest BCUT2D eigenvalue weighted by atomic mass is 9.97. The molecule has 2 N–H and O–H groups in total. The van der Waals surface area contributed by atoms with Crippen LogP contribution in [0.1, 0.15) is 33.1 Å². The Hall–Kier alpha value is -0.0300. The van der Waals surface area contributed by atoms with Gasteiger partial charge in [-0.3, -0.25) is 9.69 Å². The predicted molar refractivity (Wildman–Crippen MR) is 78.6 cm³/mol. The Balaban J connectivity index is 0.00000144. The highest BCUT2D eigenvalue weighted by molar-refractivity contribution is 5.86. The van der Waals surface area contributed by atoms with Crippen LogP contribution in [0.2, 0.25) is 0 Å². The number of amides is 1. The first-order chi connectivity index (χ1) is 7.48. The average molecular weight is 298 g/mol. The minimum absolute atomic E-state index is 0. The molecule has 0 aromatic heterocycles. The highest BCUT2D eigenvalue weighted by Crippen LogP contribution is 2.22. The molecule has 2 fully saturated rings. The second kappa shape index (κ2) is 6.94. The van der Waals surface area contributed by atoms with Crippen LogP contribution < -0.4 is 5.73 Å². The van der Waals surface area contributed by atoms with Crippen LogP contribution in [0.15, 0.2) is 0 Å². The van der Waals surface area contributed by atoms with Crippen molar-refractivity contribution < 1.29 is 4.79 Å². The summed E-state index contributed by atoms with van der Waals surface area (Å²) in [6.07, 6.45) is 3.84. The average Bonchev–Trinajstić information content (AvgIpc) is 2.26. The van der Waals surface area contributed by atoms with Gasteiger partial charge in [0.05, 0.1) is 5.54 Å². The minimum atomic E-state index is -0.725. The molecule has 2 aliphatic rings. The molecule has 0 bridgehead atoms. The summed E-state index contributed by atoms with van der Waals surface area (Å²) in [6.45, 7) is 7.53. The molecule has 0 aromatic carbocycles. The molecule has 18 heavy (non-hydrogen) atoms. The molecule has 0 spiro atoms. The van der Waals surface area contributed by atoms with Crippen LogP contribution in [-0.2, 0) is 4.79 Å². The Bertz CT molecular complexity index is 281. The van der Waals surface area contributed by atoms with E-state index in [2.05, 4.69) is 4.90 Å². The molecular formula is C12H25Cl2N3O. The molecule has 2 rings (SSSR count). The third-order valence-electron chi connectivity index (χ3n) is 3.68. The van der Waals surface area contributed by atoms with E-state index in [0.717, 1.165) is 19.6 Å². The van der Waals surface area contributed by atoms with Crippen molar-refractivity contribution in [2.45, 2.75) is 44.7 Å². The van der Waals surface area contributed by atoms with E-state index < -0.39 is 5.54 Å². The summed E-state index contributed by atoms with van der Waals surface area (Å²) in [5, 5.41) is 0. The first-order valence-corrected chi connectivity index (χ1v) is 6.31. The van der Waals surface area contributed by atoms with Crippen LogP contribution >= 0.6 is 24.8 Å². The van der Waals surface area contributed by atoms with Crippen LogP contribution in [0.25, 0.3) is 0 Å². The van der Waals surface area contributed by atoms with Crippen molar-refractivity contribution in [1.29, 1.82) is 0 Å². The lowest BCUT2D eigenvalue weighted by Crippen LogP contribution is -2.60. The van der Waals surface area contributed by atoms with Gasteiger partial charge in [0.2, 0.25) is 5.91 Å². The van der Waals surface area contributed by atoms with Crippen molar-refractivity contribution >= 4 is 30.7 Å². The van der Waals surface area contributed by atoms with Crippen LogP contribution in [0.5, 0.6) is 0 Å². The van der Waals surface area contributed by atoms with Gasteiger partial charge in [0, 0.05) is 25.7 Å². The third kappa shape index (κ3) is 3.98. The maximum Gasteiger partial charge on any atom is 0.242 e. The Morgan fingerprint density at radius 1 is 1.17 bits per heavy atom. The summed E-state index contributed by atoms with van der Waals surface area (Å²) in [5.74, 6) is 0.0951. The minimum Gasteiger partial charge on any atom is -0.338 e. The first-order valence-electron chi connectivity index (χ1n) is 6.31. The molecule has 4 nitrogen and oxygen atoms in total. The molecular weight excluding hydrogens is 273 g/mol. The largest absolute Gasteiger partial charge is 0.338 e. The fourth-order valence-electron chi connectivity index (χ4n) is 2.75. The molecule has 0 radical (unpaired) electrons. The highest BCUT2D eigenvalue weighted by atomic mass is 35.5. The highest BCUT2D eigenvalue weighted by Gasteiger charge is 2.35. The van der Waals surface area contributed by atoms with Gasteiger partial charge in [-0.25, -0.2) is 0 Å². The standard InChI is InChI=1S/C12H23N3O.2ClH/c1-12(2,13)11(16)15-8-7-14-6-4-3-5-10(14)9-15;;/h10H,3-9,13H2,1-2H3;2*1H. The molecule has 0 aliphatic carbocycles. The molecule has 0 aromatic rings. The van der Waals surface area contributed by atoms with Crippen LogP contribution in [0.3, 0.4) is 0 Å². The molecule has 108 valence electrons. The normalized spacial score (nSPS) is 24.6. The van der Waals surface area contributed by atoms with Crippen molar-refractivity contribution in [1.82, 2.24) is 9.80 Å². The van der Waals surface area contributed by atoms with Gasteiger partial charge in [0.15, 0.2) is 0 Å². The van der Waals surface area contributed by atoms with Crippen LogP contribution in [-0.4, -0.2) is 53.5 Å². The number of carbonyl (C=O) groups is 1. The van der Waals surface area contributed by atoms with Crippen molar-refractivity contribution in [2.75, 3.05) is 26.2 Å². The first kappa shape index (κ1) is 18.0. The number of piperazine rings is 1. The Morgan fingerprint density at radius 3 is 2.44 bits per heavy atom. The zero-order chi connectivity index (χ0) is 11.8. The van der Waals surface area contributed by atoms with Gasteiger partial charge in [-0.1, -0.05) is 6.42 Å². The summed E-state index contributed by atoms with van der Waals surface area (Å²) in [4.78, 5) is 16.6. The van der Waals surface area contributed by atoms with Crippen molar-refractivity contribution in [3.8, 4) is 0 Å². The second-order valence-electron chi connectivity index (χ2n) is 5.66. The van der Waals surface area contributed by atoms with E-state index in [0.29, 0.717) is 6.04 Å². The van der Waals surface area contributed by atoms with Crippen molar-refractivity contribution in [3.05, 3.63) is 0 Å². The number of piperidine rings is 1. The van der Waals surface area contributed by atoms with E-state index in [1.165, 1.54) is 25.8 Å². The lowest BCUT2D eigenvalue weighted by Gasteiger charge is -2.45. The Kier molecular flexibility index (Phi) is 6.93. The monoisotopic (exact) mass is 297 g/mol. The van der Waals surface area contributed by atoms with Crippen molar-refractivity contribution in [3.63, 3.8) is 0 Å². The summed E-state index contributed by atoms with van der Waals surface area (Å²) in [7, 11) is 0. The van der Waals surface area contributed by atoms with Gasteiger partial charge in [0.25, 0.3) is 0 Å². The quantitative estimate of drug-likeness (QED) is 0.793. The van der Waals surface area contributed by atoms with Crippen LogP contribution in [0, 0.1) is 0 Å². The number of halogens is 2. The van der Waals surface area contributed by atoms with Gasteiger partial charge in [-0.05, 0) is 33.2 Å². The van der Waals surface area contributed by atoms with Crippen molar-refractivity contribution in [2.24, 2.45) is 5.73 Å². The van der Waals surface area contributed by atoms with Gasteiger partial charge in [-0.15, -0.1) is 24.8 Å². The zero-order valence-electron chi connectivity index (χ0n) is 11.2. The second-order valence-corrected chi connectivity index (χ2v) is 5.66. The van der Waals surface area contributed by atoms with E-state index in [1.807, 2.05) is 4.90 Å². The molecule has 2 heterocycles. The summed E-state index contributed by atoms with van der Waals surface area (Å²) in [5.41, 5.74) is 5.15. The number of fused-ring (bicyclic) bond motifs is 1. The fraction of sp³-hybridized carbons (Fsp3) is 0.917. The molecule has 1 unspecified atom stereocenters. The number of carbonyl (C=O) groups excluding carboxylic acids is 1. The maximum atomic E-state index is 12.1. The number of rotatable bonds is 1. The van der Waals surface area contributed by atoms with E-state index in [4.69, 9.17) is 5.73 Å². The molecule has 0 saturated carbocycles. The maximum absolute atomic E-state index is 12.1. The van der Waals surface area contributed by atoms with Crippen LogP contribution in [0.4, 0.5) is 0 Å². The SMILES string of the molecule is CC(C)(N)C(=O)N1CCN2CCCCC2C1.Cl.Cl. The zero-order valence-corrected chi connectivity index (χ0v) is 12.9. The van der Waals surface area contributed by atoms with E-state index in [9.17, 15) is 4.79 Å². The number of hydrogen-bond acceptors (Lipinski definition) is 3. The van der Waals surface area contributed by atoms with E-state index in [1.54, 1.807) is 13.8 Å². The van der Waals surface area contributed by atoms with E-state index >= 15 is 0 Å². The topological polar surface area (TPSA) is 49.6 Å². The number of nitrogens with two attached hydrogens (primary N) is 1. The van der Waals surface area contributed by atoms with Gasteiger partial charge in [-0.2, -0.15) is 0 Å². The smallest absolute Gasteiger partial charge is 0.242 e. The summed E-state index contributed by atoms with van der Waals surface area (Å²) >= 11 is 0. The van der Waals surface area contributed by atoms with Gasteiger partial charge >= 0.3 is 0 Å². The third-order valence-corrected chi connectivity index (χ3v) is 3.68. The fourth-order valence-corrected chi connectivity index (χ4v) is 2.75. The molecule has 6 heteroatoms. The molecule has 1 atom stereocenters. The number of nitrogens with zero attached hydrogens (tertiary/aromatic N) is 2. The summed E-state index contributed by atoms with van der Waals surface area (Å²) in [6, 6.07) is 0.578. The molecule has 2 aliphatic heterocycles. The number of hydrogen-bond donors (Lipinski definition) is 1. The lowest BCUT2D eigenvalue weighted by molar-refractivity contribution is -0.139. The van der Waals surface area contributed by atoms with Gasteiger partial charge in [0.1, 0.15) is 0 Å². The molecule has 1 amide bonds. The predicted octanol–water partition coefficient (Wildman–Crippen LogP) is 1.26. The van der Waals surface area contributed by atoms with E-state index in [-0.39, 0.29) is 30.7 Å². The summed E-state index contributed by atoms with van der Waals surface area (Å²) < 4.78 is 0. The molecule has 2 saturated heterocycles. The Labute approximate surface area is 122 Å². The Morgan fingerprint density at radius 2 is 1.83 bits per heavy atom. The van der Waals surface area contributed by atoms with Gasteiger partial charge < -0.3 is 10.6 Å².